The molecule has 29 heavy (non-hydrogen) atoms. The normalized spacial score (nSPS) is 14.2. The molecule has 0 unspecified atom stereocenters. The van der Waals surface area contributed by atoms with E-state index in [0.717, 1.165) is 15.7 Å². The van der Waals surface area contributed by atoms with Gasteiger partial charge in [-0.05, 0) is 42.0 Å². The Labute approximate surface area is 173 Å². The molecule has 1 N–H and O–H groups in total. The third-order valence-corrected chi connectivity index (χ3v) is 5.73. The Balaban J connectivity index is 1.66. The summed E-state index contributed by atoms with van der Waals surface area (Å²) in [6.45, 7) is 0. The van der Waals surface area contributed by atoms with E-state index in [0.29, 0.717) is 29.0 Å². The minimum Gasteiger partial charge on any atom is -0.324 e. The Morgan fingerprint density at radius 1 is 0.931 bits per heavy atom. The highest BCUT2D eigenvalue weighted by atomic mass is 32.2. The van der Waals surface area contributed by atoms with E-state index in [1.807, 2.05) is 48.7 Å². The molecule has 0 bridgehead atoms. The summed E-state index contributed by atoms with van der Waals surface area (Å²) in [6.07, 6.45) is 2.32. The second kappa shape index (κ2) is 8.09. The summed E-state index contributed by atoms with van der Waals surface area (Å²) in [5.74, 6) is -0.527. The van der Waals surface area contributed by atoms with Crippen LogP contribution in [0, 0.1) is 0 Å². The van der Waals surface area contributed by atoms with Gasteiger partial charge in [-0.25, -0.2) is 0 Å². The van der Waals surface area contributed by atoms with Crippen LogP contribution in [0.25, 0.3) is 10.8 Å². The number of rotatable bonds is 6. The molecule has 3 aromatic carbocycles. The number of anilines is 1. The average molecular weight is 404 g/mol. The Kier molecular flexibility index (Phi) is 5.36. The Hall–Kier alpha value is -3.12. The van der Waals surface area contributed by atoms with Crippen molar-refractivity contribution in [2.24, 2.45) is 0 Å². The van der Waals surface area contributed by atoms with Gasteiger partial charge in [0.05, 0.1) is 11.1 Å². The lowest BCUT2D eigenvalue weighted by atomic mass is 10.1. The fourth-order valence-electron chi connectivity index (χ4n) is 3.65. The molecule has 0 spiro atoms. The molecule has 1 aliphatic rings. The van der Waals surface area contributed by atoms with Crippen LogP contribution in [-0.4, -0.2) is 40.7 Å². The third kappa shape index (κ3) is 3.51. The van der Waals surface area contributed by atoms with E-state index in [9.17, 15) is 14.4 Å². The molecule has 0 aliphatic carbocycles. The van der Waals surface area contributed by atoms with Crippen LogP contribution in [0.3, 0.4) is 0 Å². The summed E-state index contributed by atoms with van der Waals surface area (Å²) >= 11 is 1.57. The van der Waals surface area contributed by atoms with Gasteiger partial charge in [-0.15, -0.1) is 0 Å². The van der Waals surface area contributed by atoms with Crippen molar-refractivity contribution in [2.75, 3.05) is 17.3 Å². The van der Waals surface area contributed by atoms with Crippen molar-refractivity contribution in [3.05, 3.63) is 77.9 Å². The van der Waals surface area contributed by atoms with Gasteiger partial charge in [0, 0.05) is 11.1 Å². The van der Waals surface area contributed by atoms with Crippen molar-refractivity contribution in [2.45, 2.75) is 12.5 Å². The average Bonchev–Trinajstić information content (AvgIpc) is 3.00. The number of nitrogens with one attached hydrogen (secondary N) is 1. The number of amides is 3. The number of benzene rings is 3. The molecule has 1 aliphatic heterocycles. The number of thioether (sulfide) groups is 1. The summed E-state index contributed by atoms with van der Waals surface area (Å²) in [4.78, 5) is 40.1. The van der Waals surface area contributed by atoms with Crippen molar-refractivity contribution in [1.29, 1.82) is 0 Å². The first-order valence-corrected chi connectivity index (χ1v) is 10.8. The Morgan fingerprint density at radius 2 is 1.55 bits per heavy atom. The lowest BCUT2D eigenvalue weighted by molar-refractivity contribution is -0.120. The Bertz CT molecular complexity index is 1070. The van der Waals surface area contributed by atoms with E-state index < -0.39 is 17.9 Å². The molecule has 5 nitrogen and oxygen atoms in total. The molecule has 0 aromatic heterocycles. The van der Waals surface area contributed by atoms with E-state index >= 15 is 0 Å². The van der Waals surface area contributed by atoms with Gasteiger partial charge in [0.2, 0.25) is 5.91 Å². The monoisotopic (exact) mass is 404 g/mol. The molecule has 3 amide bonds. The van der Waals surface area contributed by atoms with Crippen molar-refractivity contribution in [3.63, 3.8) is 0 Å². The second-order valence-corrected chi connectivity index (χ2v) is 7.82. The maximum Gasteiger partial charge on any atom is 0.262 e. The van der Waals surface area contributed by atoms with E-state index in [1.54, 1.807) is 36.0 Å². The number of fused-ring (bicyclic) bond motifs is 2. The van der Waals surface area contributed by atoms with E-state index in [1.165, 1.54) is 0 Å². The fraction of sp³-hybridized carbons (Fsp3) is 0.174. The molecule has 6 heteroatoms. The fourth-order valence-corrected chi connectivity index (χ4v) is 4.11. The van der Waals surface area contributed by atoms with Crippen LogP contribution in [-0.2, 0) is 4.79 Å². The topological polar surface area (TPSA) is 66.5 Å². The highest BCUT2D eigenvalue weighted by molar-refractivity contribution is 7.98. The van der Waals surface area contributed by atoms with Crippen LogP contribution in [0.1, 0.15) is 27.1 Å². The highest BCUT2D eigenvalue weighted by Gasteiger charge is 2.42. The van der Waals surface area contributed by atoms with Gasteiger partial charge in [-0.2, -0.15) is 11.8 Å². The van der Waals surface area contributed by atoms with Gasteiger partial charge in [0.15, 0.2) is 0 Å². The zero-order valence-corrected chi connectivity index (χ0v) is 16.7. The lowest BCUT2D eigenvalue weighted by Gasteiger charge is -2.25. The minimum atomic E-state index is -0.867. The standard InChI is InChI=1S/C23H20N2O3S/c1-29-14-13-20(25-22(27)17-10-4-5-11-18(17)23(25)28)21(26)24-19-12-6-8-15-7-2-3-9-16(15)19/h2-12,20H,13-14H2,1H3,(H,24,26)/t20-/m1/s1. The number of hydrogen-bond donors (Lipinski definition) is 1. The molecular weight excluding hydrogens is 384 g/mol. The van der Waals surface area contributed by atoms with E-state index in [-0.39, 0.29) is 5.91 Å². The zero-order valence-electron chi connectivity index (χ0n) is 15.9. The van der Waals surface area contributed by atoms with Gasteiger partial charge < -0.3 is 5.32 Å². The van der Waals surface area contributed by atoms with Crippen LogP contribution >= 0.6 is 11.8 Å². The maximum atomic E-state index is 13.2. The predicted molar refractivity (Wildman–Crippen MR) is 116 cm³/mol. The first kappa shape index (κ1) is 19.2. The molecule has 1 atom stereocenters. The van der Waals surface area contributed by atoms with Gasteiger partial charge >= 0.3 is 0 Å². The largest absolute Gasteiger partial charge is 0.324 e. The van der Waals surface area contributed by atoms with E-state index in [4.69, 9.17) is 0 Å². The number of nitrogens with zero attached hydrogens (tertiary/aromatic N) is 1. The summed E-state index contributed by atoms with van der Waals surface area (Å²) in [7, 11) is 0. The maximum absolute atomic E-state index is 13.2. The predicted octanol–water partition coefficient (Wildman–Crippen LogP) is 4.20. The first-order chi connectivity index (χ1) is 14.1. The zero-order chi connectivity index (χ0) is 20.4. The number of carbonyl (C=O) groups excluding carboxylic acids is 3. The van der Waals surface area contributed by atoms with E-state index in [2.05, 4.69) is 5.32 Å². The highest BCUT2D eigenvalue weighted by Crippen LogP contribution is 2.28. The molecule has 0 fully saturated rings. The number of imide groups is 1. The van der Waals surface area contributed by atoms with Crippen LogP contribution < -0.4 is 5.32 Å². The van der Waals surface area contributed by atoms with Crippen LogP contribution in [0.4, 0.5) is 5.69 Å². The second-order valence-electron chi connectivity index (χ2n) is 6.84. The minimum absolute atomic E-state index is 0.351. The molecule has 0 saturated carbocycles. The van der Waals surface area contributed by atoms with Gasteiger partial charge in [-0.3, -0.25) is 19.3 Å². The molecule has 1 heterocycles. The number of carbonyl (C=O) groups is 3. The van der Waals surface area contributed by atoms with Crippen LogP contribution in [0.2, 0.25) is 0 Å². The summed E-state index contributed by atoms with van der Waals surface area (Å²) < 4.78 is 0. The molecular formula is C23H20N2O3S. The summed E-state index contributed by atoms with van der Waals surface area (Å²) in [5.41, 5.74) is 1.37. The summed E-state index contributed by atoms with van der Waals surface area (Å²) in [6, 6.07) is 19.3. The molecule has 3 aromatic rings. The van der Waals surface area contributed by atoms with Gasteiger partial charge in [0.1, 0.15) is 6.04 Å². The van der Waals surface area contributed by atoms with Gasteiger partial charge in [0.25, 0.3) is 11.8 Å². The molecule has 146 valence electrons. The van der Waals surface area contributed by atoms with Crippen molar-refractivity contribution in [3.8, 4) is 0 Å². The van der Waals surface area contributed by atoms with Crippen molar-refractivity contribution < 1.29 is 14.4 Å². The van der Waals surface area contributed by atoms with Crippen molar-refractivity contribution in [1.82, 2.24) is 4.90 Å². The van der Waals surface area contributed by atoms with Crippen molar-refractivity contribution >= 4 is 45.9 Å². The summed E-state index contributed by atoms with van der Waals surface area (Å²) in [5, 5.41) is 4.86. The first-order valence-electron chi connectivity index (χ1n) is 9.36. The third-order valence-electron chi connectivity index (χ3n) is 5.08. The molecule has 0 saturated heterocycles. The van der Waals surface area contributed by atoms with Crippen LogP contribution in [0.15, 0.2) is 66.7 Å². The number of hydrogen-bond acceptors (Lipinski definition) is 4. The lowest BCUT2D eigenvalue weighted by Crippen LogP contribution is -2.47. The Morgan fingerprint density at radius 3 is 2.24 bits per heavy atom. The van der Waals surface area contributed by atoms with Gasteiger partial charge in [-0.1, -0.05) is 48.5 Å². The van der Waals surface area contributed by atoms with Crippen LogP contribution in [0.5, 0.6) is 0 Å². The molecule has 0 radical (unpaired) electrons. The molecule has 4 rings (SSSR count). The quantitative estimate of drug-likeness (QED) is 0.626. The smallest absolute Gasteiger partial charge is 0.262 e. The SMILES string of the molecule is CSCC[C@H](C(=O)Nc1cccc2ccccc12)N1C(=O)c2ccccc2C1=O.